The van der Waals surface area contributed by atoms with Crippen LogP contribution in [0.4, 0.5) is 11.6 Å². The highest BCUT2D eigenvalue weighted by molar-refractivity contribution is 5.57. The summed E-state index contributed by atoms with van der Waals surface area (Å²) in [5, 5.41) is 6.49. The maximum absolute atomic E-state index is 5.07. The van der Waals surface area contributed by atoms with Crippen molar-refractivity contribution in [1.82, 2.24) is 9.97 Å². The highest BCUT2D eigenvalue weighted by Gasteiger charge is 2.10. The van der Waals surface area contributed by atoms with E-state index in [9.17, 15) is 0 Å². The van der Waals surface area contributed by atoms with Crippen LogP contribution in [0, 0.1) is 0 Å². The summed E-state index contributed by atoms with van der Waals surface area (Å²) in [5.41, 5.74) is 1.12. The molecule has 5 heteroatoms. The van der Waals surface area contributed by atoms with Crippen molar-refractivity contribution in [1.29, 1.82) is 0 Å². The van der Waals surface area contributed by atoms with Gasteiger partial charge in [0, 0.05) is 32.4 Å². The molecule has 1 aromatic rings. The lowest BCUT2D eigenvalue weighted by molar-refractivity contribution is 0.191. The molecule has 0 spiro atoms. The Bertz CT molecular complexity index is 343. The molecule has 0 aliphatic carbocycles. The fraction of sp³-hybridized carbons (Fsp3) is 0.667. The van der Waals surface area contributed by atoms with Crippen molar-refractivity contribution < 1.29 is 4.74 Å². The molecule has 0 saturated carbocycles. The average Bonchev–Trinajstić information content (AvgIpc) is 2.35. The second-order valence-electron chi connectivity index (χ2n) is 3.98. The summed E-state index contributed by atoms with van der Waals surface area (Å²) in [6.45, 7) is 4.98. The maximum Gasteiger partial charge on any atom is 0.134 e. The second kappa shape index (κ2) is 7.06. The number of ether oxygens (including phenoxy) is 1. The van der Waals surface area contributed by atoms with E-state index in [1.165, 1.54) is 0 Å². The van der Waals surface area contributed by atoms with E-state index < -0.39 is 0 Å². The van der Waals surface area contributed by atoms with E-state index in [4.69, 9.17) is 4.74 Å². The van der Waals surface area contributed by atoms with Crippen LogP contribution in [0.2, 0.25) is 0 Å². The van der Waals surface area contributed by atoms with Gasteiger partial charge in [0.05, 0.1) is 0 Å². The first-order chi connectivity index (χ1) is 8.22. The first-order valence-electron chi connectivity index (χ1n) is 6.00. The van der Waals surface area contributed by atoms with Crippen LogP contribution in [0.5, 0.6) is 0 Å². The van der Waals surface area contributed by atoms with Gasteiger partial charge in [0.2, 0.25) is 0 Å². The number of aromatic nitrogens is 2. The minimum absolute atomic E-state index is 0.333. The summed E-state index contributed by atoms with van der Waals surface area (Å²) in [7, 11) is 3.59. The van der Waals surface area contributed by atoms with Crippen LogP contribution in [-0.2, 0) is 11.2 Å². The average molecular weight is 238 g/mol. The van der Waals surface area contributed by atoms with Gasteiger partial charge in [-0.1, -0.05) is 6.92 Å². The molecule has 1 aromatic heterocycles. The van der Waals surface area contributed by atoms with E-state index in [2.05, 4.69) is 34.4 Å². The van der Waals surface area contributed by atoms with Gasteiger partial charge in [-0.15, -0.1) is 0 Å². The maximum atomic E-state index is 5.07. The third-order valence-corrected chi connectivity index (χ3v) is 2.67. The van der Waals surface area contributed by atoms with Crippen molar-refractivity contribution in [3.63, 3.8) is 0 Å². The topological polar surface area (TPSA) is 59.1 Å². The fourth-order valence-electron chi connectivity index (χ4n) is 1.69. The summed E-state index contributed by atoms with van der Waals surface area (Å²) in [5.74, 6) is 1.80. The molecule has 96 valence electrons. The minimum atomic E-state index is 0.333. The molecule has 0 amide bonds. The lowest BCUT2D eigenvalue weighted by Gasteiger charge is -2.17. The Kier molecular flexibility index (Phi) is 5.69. The molecular weight excluding hydrogens is 216 g/mol. The summed E-state index contributed by atoms with van der Waals surface area (Å²) in [6, 6.07) is 0.333. The predicted octanol–water partition coefficient (Wildman–Crippen LogP) is 1.92. The molecule has 0 radical (unpaired) electrons. The van der Waals surface area contributed by atoms with Crippen molar-refractivity contribution in [3.05, 3.63) is 11.9 Å². The summed E-state index contributed by atoms with van der Waals surface area (Å²) in [6.07, 6.45) is 3.44. The van der Waals surface area contributed by atoms with Crippen LogP contribution < -0.4 is 10.6 Å². The molecule has 0 bridgehead atoms. The van der Waals surface area contributed by atoms with Crippen LogP contribution >= 0.6 is 0 Å². The molecular formula is C12H22N4O. The van der Waals surface area contributed by atoms with Crippen LogP contribution in [0.25, 0.3) is 0 Å². The van der Waals surface area contributed by atoms with Gasteiger partial charge in [-0.05, 0) is 19.8 Å². The zero-order chi connectivity index (χ0) is 12.7. The molecule has 5 nitrogen and oxygen atoms in total. The van der Waals surface area contributed by atoms with Crippen LogP contribution in [0.3, 0.4) is 0 Å². The van der Waals surface area contributed by atoms with Gasteiger partial charge in [-0.3, -0.25) is 0 Å². The molecule has 0 aliphatic heterocycles. The van der Waals surface area contributed by atoms with Crippen LogP contribution in [-0.4, -0.2) is 36.8 Å². The van der Waals surface area contributed by atoms with Crippen molar-refractivity contribution in [2.45, 2.75) is 32.7 Å². The number of rotatable bonds is 7. The van der Waals surface area contributed by atoms with Crippen molar-refractivity contribution in [2.75, 3.05) is 31.4 Å². The van der Waals surface area contributed by atoms with E-state index in [1.54, 1.807) is 13.4 Å². The van der Waals surface area contributed by atoms with Gasteiger partial charge in [-0.25, -0.2) is 9.97 Å². The smallest absolute Gasteiger partial charge is 0.134 e. The van der Waals surface area contributed by atoms with E-state index >= 15 is 0 Å². The minimum Gasteiger partial charge on any atom is -0.385 e. The van der Waals surface area contributed by atoms with Gasteiger partial charge >= 0.3 is 0 Å². The number of hydrogen-bond donors (Lipinski definition) is 2. The molecule has 1 atom stereocenters. The molecule has 1 rings (SSSR count). The van der Waals surface area contributed by atoms with Crippen molar-refractivity contribution >= 4 is 11.6 Å². The lowest BCUT2D eigenvalue weighted by atomic mass is 10.2. The first-order valence-corrected chi connectivity index (χ1v) is 6.00. The zero-order valence-electron chi connectivity index (χ0n) is 11.1. The van der Waals surface area contributed by atoms with Gasteiger partial charge in [0.15, 0.2) is 0 Å². The second-order valence-corrected chi connectivity index (χ2v) is 3.98. The van der Waals surface area contributed by atoms with E-state index in [0.29, 0.717) is 6.04 Å². The Hall–Kier alpha value is -1.36. The normalized spacial score (nSPS) is 12.2. The number of methoxy groups -OCH3 is 1. The largest absolute Gasteiger partial charge is 0.385 e. The molecule has 0 aliphatic rings. The first kappa shape index (κ1) is 13.7. The summed E-state index contributed by atoms with van der Waals surface area (Å²) < 4.78 is 5.07. The quantitative estimate of drug-likeness (QED) is 0.760. The number of hydrogen-bond acceptors (Lipinski definition) is 5. The third-order valence-electron chi connectivity index (χ3n) is 2.67. The number of nitrogens with one attached hydrogen (secondary N) is 2. The SMILES string of the molecule is CCc1c(NC)ncnc1NC(C)CCOC. The van der Waals surface area contributed by atoms with E-state index in [0.717, 1.165) is 36.6 Å². The number of anilines is 2. The van der Waals surface area contributed by atoms with Gasteiger partial charge < -0.3 is 15.4 Å². The van der Waals surface area contributed by atoms with Crippen molar-refractivity contribution in [2.24, 2.45) is 0 Å². The molecule has 1 heterocycles. The Morgan fingerprint density at radius 1 is 1.35 bits per heavy atom. The van der Waals surface area contributed by atoms with Crippen LogP contribution in [0.1, 0.15) is 25.8 Å². The van der Waals surface area contributed by atoms with E-state index in [1.807, 2.05) is 7.05 Å². The third kappa shape index (κ3) is 3.85. The molecule has 0 aromatic carbocycles. The predicted molar refractivity (Wildman–Crippen MR) is 70.5 cm³/mol. The molecule has 1 unspecified atom stereocenters. The highest BCUT2D eigenvalue weighted by atomic mass is 16.5. The summed E-state index contributed by atoms with van der Waals surface area (Å²) >= 11 is 0. The Morgan fingerprint density at radius 3 is 2.65 bits per heavy atom. The molecule has 2 N–H and O–H groups in total. The Labute approximate surface area is 103 Å². The lowest BCUT2D eigenvalue weighted by Crippen LogP contribution is -2.19. The van der Waals surface area contributed by atoms with Gasteiger partial charge in [-0.2, -0.15) is 0 Å². The van der Waals surface area contributed by atoms with Gasteiger partial charge in [0.25, 0.3) is 0 Å². The molecule has 0 fully saturated rings. The standard InChI is InChI=1S/C12H22N4O/c1-5-10-11(13-3)14-8-15-12(10)16-9(2)6-7-17-4/h8-9H,5-7H2,1-4H3,(H2,13,14,15,16). The zero-order valence-corrected chi connectivity index (χ0v) is 11.1. The monoisotopic (exact) mass is 238 g/mol. The molecule has 17 heavy (non-hydrogen) atoms. The Morgan fingerprint density at radius 2 is 2.06 bits per heavy atom. The highest BCUT2D eigenvalue weighted by Crippen LogP contribution is 2.20. The number of nitrogens with zero attached hydrogens (tertiary/aromatic N) is 2. The van der Waals surface area contributed by atoms with Gasteiger partial charge in [0.1, 0.15) is 18.0 Å². The Balaban J connectivity index is 2.75. The fourth-order valence-corrected chi connectivity index (χ4v) is 1.69. The van der Waals surface area contributed by atoms with Crippen molar-refractivity contribution in [3.8, 4) is 0 Å². The molecule has 0 saturated heterocycles. The summed E-state index contributed by atoms with van der Waals surface area (Å²) in [4.78, 5) is 8.51. The van der Waals surface area contributed by atoms with E-state index in [-0.39, 0.29) is 0 Å². The van der Waals surface area contributed by atoms with Crippen LogP contribution in [0.15, 0.2) is 6.33 Å².